The van der Waals surface area contributed by atoms with Gasteiger partial charge in [0.2, 0.25) is 0 Å². The van der Waals surface area contributed by atoms with Gasteiger partial charge >= 0.3 is 0 Å². The molecular weight excluding hydrogens is 224 g/mol. The number of hydrogen-bond acceptors (Lipinski definition) is 3. The lowest BCUT2D eigenvalue weighted by atomic mass is 10.1. The summed E-state index contributed by atoms with van der Waals surface area (Å²) >= 11 is 0. The number of benzene rings is 1. The number of pyridine rings is 1. The molecule has 0 fully saturated rings. The first-order chi connectivity index (χ1) is 8.56. The molecule has 2 aromatic rings. The summed E-state index contributed by atoms with van der Waals surface area (Å²) in [6.07, 6.45) is 0. The summed E-state index contributed by atoms with van der Waals surface area (Å²) in [5.41, 5.74) is 4.08. The lowest BCUT2D eigenvalue weighted by molar-refractivity contribution is 0.474. The molecule has 18 heavy (non-hydrogen) atoms. The Kier molecular flexibility index (Phi) is 3.51. The van der Waals surface area contributed by atoms with Crippen molar-refractivity contribution in [2.75, 3.05) is 5.32 Å². The molecular formula is C15H18N2O. The Morgan fingerprint density at radius 3 is 2.61 bits per heavy atom. The maximum absolute atomic E-state index is 9.48. The molecule has 1 heterocycles. The van der Waals surface area contributed by atoms with Gasteiger partial charge in [-0.05, 0) is 50.6 Å². The highest BCUT2D eigenvalue weighted by Gasteiger charge is 2.08. The first kappa shape index (κ1) is 12.4. The maximum Gasteiger partial charge on any atom is 0.115 e. The highest BCUT2D eigenvalue weighted by molar-refractivity contribution is 5.49. The van der Waals surface area contributed by atoms with Crippen LogP contribution in [-0.4, -0.2) is 10.1 Å². The Morgan fingerprint density at radius 1 is 1.17 bits per heavy atom. The Balaban J connectivity index is 2.18. The average Bonchev–Trinajstić information content (AvgIpc) is 2.32. The topological polar surface area (TPSA) is 45.1 Å². The summed E-state index contributed by atoms with van der Waals surface area (Å²) in [6, 6.07) is 11.4. The minimum Gasteiger partial charge on any atom is -0.508 e. The zero-order valence-electron chi connectivity index (χ0n) is 10.9. The van der Waals surface area contributed by atoms with Gasteiger partial charge in [0.1, 0.15) is 5.75 Å². The number of aromatic hydroxyl groups is 1. The van der Waals surface area contributed by atoms with Crippen molar-refractivity contribution in [2.45, 2.75) is 26.8 Å². The third-order valence-corrected chi connectivity index (χ3v) is 2.97. The summed E-state index contributed by atoms with van der Waals surface area (Å²) in [7, 11) is 0. The van der Waals surface area contributed by atoms with Crippen LogP contribution in [0.4, 0.5) is 5.69 Å². The van der Waals surface area contributed by atoms with Gasteiger partial charge in [0, 0.05) is 11.7 Å². The molecule has 0 aliphatic rings. The largest absolute Gasteiger partial charge is 0.508 e. The lowest BCUT2D eigenvalue weighted by Gasteiger charge is -2.17. The highest BCUT2D eigenvalue weighted by atomic mass is 16.3. The Morgan fingerprint density at radius 2 is 1.94 bits per heavy atom. The van der Waals surface area contributed by atoms with Crippen LogP contribution in [0, 0.1) is 13.8 Å². The van der Waals surface area contributed by atoms with E-state index in [2.05, 4.69) is 17.2 Å². The number of nitrogens with one attached hydrogen (secondary N) is 1. The zero-order chi connectivity index (χ0) is 13.1. The van der Waals surface area contributed by atoms with Crippen LogP contribution in [0.1, 0.15) is 29.9 Å². The molecule has 0 saturated carbocycles. The van der Waals surface area contributed by atoms with Gasteiger partial charge in [-0.25, -0.2) is 0 Å². The minimum atomic E-state index is 0.125. The molecule has 0 saturated heterocycles. The fraction of sp³-hybridized carbons (Fsp3) is 0.267. The third kappa shape index (κ3) is 2.80. The third-order valence-electron chi connectivity index (χ3n) is 2.97. The van der Waals surface area contributed by atoms with Gasteiger partial charge < -0.3 is 10.4 Å². The molecule has 1 aromatic carbocycles. The van der Waals surface area contributed by atoms with E-state index in [9.17, 15) is 5.11 Å². The fourth-order valence-electron chi connectivity index (χ4n) is 1.95. The van der Waals surface area contributed by atoms with E-state index in [0.29, 0.717) is 5.75 Å². The second-order valence-corrected chi connectivity index (χ2v) is 4.55. The molecule has 0 aliphatic carbocycles. The van der Waals surface area contributed by atoms with Gasteiger partial charge in [0.05, 0.1) is 11.4 Å². The van der Waals surface area contributed by atoms with Crippen molar-refractivity contribution < 1.29 is 5.11 Å². The van der Waals surface area contributed by atoms with Gasteiger partial charge in [-0.2, -0.15) is 0 Å². The maximum atomic E-state index is 9.48. The number of anilines is 1. The number of hydrogen-bond donors (Lipinski definition) is 2. The first-order valence-electron chi connectivity index (χ1n) is 6.06. The Labute approximate surface area is 108 Å². The summed E-state index contributed by atoms with van der Waals surface area (Å²) in [5.74, 6) is 0.292. The number of rotatable bonds is 3. The van der Waals surface area contributed by atoms with Crippen LogP contribution in [0.25, 0.3) is 0 Å². The molecule has 94 valence electrons. The molecule has 0 aliphatic heterocycles. The van der Waals surface area contributed by atoms with Crippen LogP contribution in [0.3, 0.4) is 0 Å². The molecule has 3 nitrogen and oxygen atoms in total. The number of phenols is 1. The van der Waals surface area contributed by atoms with Crippen molar-refractivity contribution in [1.82, 2.24) is 4.98 Å². The van der Waals surface area contributed by atoms with E-state index in [0.717, 1.165) is 22.6 Å². The van der Waals surface area contributed by atoms with Crippen LogP contribution < -0.4 is 5.32 Å². The van der Waals surface area contributed by atoms with E-state index < -0.39 is 0 Å². The van der Waals surface area contributed by atoms with Gasteiger partial charge in [0.25, 0.3) is 0 Å². The summed E-state index contributed by atoms with van der Waals surface area (Å²) in [6.45, 7) is 6.04. The van der Waals surface area contributed by atoms with Crippen molar-refractivity contribution >= 4 is 5.69 Å². The molecule has 1 unspecified atom stereocenters. The van der Waals surface area contributed by atoms with Crippen molar-refractivity contribution in [3.63, 3.8) is 0 Å². The molecule has 2 N–H and O–H groups in total. The molecule has 0 spiro atoms. The SMILES string of the molecule is Cc1ccc(NC(C)c2cccc(O)c2)c(C)n1. The van der Waals surface area contributed by atoms with Gasteiger partial charge in [-0.3, -0.25) is 4.98 Å². The Bertz CT molecular complexity index is 552. The Hall–Kier alpha value is -2.03. The van der Waals surface area contributed by atoms with E-state index in [1.54, 1.807) is 12.1 Å². The quantitative estimate of drug-likeness (QED) is 0.864. The predicted molar refractivity (Wildman–Crippen MR) is 73.9 cm³/mol. The minimum absolute atomic E-state index is 0.125. The van der Waals surface area contributed by atoms with Gasteiger partial charge in [-0.1, -0.05) is 12.1 Å². The predicted octanol–water partition coefficient (Wildman–Crippen LogP) is 3.58. The zero-order valence-corrected chi connectivity index (χ0v) is 10.9. The summed E-state index contributed by atoms with van der Waals surface area (Å²) < 4.78 is 0. The van der Waals surface area contributed by atoms with Crippen LogP contribution in [0.15, 0.2) is 36.4 Å². The van der Waals surface area contributed by atoms with E-state index in [-0.39, 0.29) is 6.04 Å². The average molecular weight is 242 g/mol. The van der Waals surface area contributed by atoms with Crippen molar-refractivity contribution in [1.29, 1.82) is 0 Å². The van der Waals surface area contributed by atoms with Gasteiger partial charge in [0.15, 0.2) is 0 Å². The monoisotopic (exact) mass is 242 g/mol. The first-order valence-corrected chi connectivity index (χ1v) is 6.06. The molecule has 2 rings (SSSR count). The molecule has 0 amide bonds. The smallest absolute Gasteiger partial charge is 0.115 e. The fourth-order valence-corrected chi connectivity index (χ4v) is 1.95. The summed E-state index contributed by atoms with van der Waals surface area (Å²) in [5, 5.41) is 12.9. The van der Waals surface area contributed by atoms with Crippen molar-refractivity contribution in [3.8, 4) is 5.75 Å². The van der Waals surface area contributed by atoms with Crippen LogP contribution in [0.5, 0.6) is 5.75 Å². The summed E-state index contributed by atoms with van der Waals surface area (Å²) in [4.78, 5) is 4.43. The van der Waals surface area contributed by atoms with Crippen molar-refractivity contribution in [2.24, 2.45) is 0 Å². The number of phenolic OH excluding ortho intramolecular Hbond substituents is 1. The van der Waals surface area contributed by atoms with E-state index in [4.69, 9.17) is 0 Å². The molecule has 0 bridgehead atoms. The molecule has 0 radical (unpaired) electrons. The van der Waals surface area contributed by atoms with E-state index >= 15 is 0 Å². The molecule has 1 aromatic heterocycles. The van der Waals surface area contributed by atoms with Crippen LogP contribution in [0.2, 0.25) is 0 Å². The number of aromatic nitrogens is 1. The highest BCUT2D eigenvalue weighted by Crippen LogP contribution is 2.23. The van der Waals surface area contributed by atoms with Gasteiger partial charge in [-0.15, -0.1) is 0 Å². The van der Waals surface area contributed by atoms with E-state index in [1.165, 1.54) is 0 Å². The molecule has 3 heteroatoms. The second kappa shape index (κ2) is 5.08. The molecule has 1 atom stereocenters. The number of nitrogens with zero attached hydrogens (tertiary/aromatic N) is 1. The van der Waals surface area contributed by atoms with E-state index in [1.807, 2.05) is 38.1 Å². The lowest BCUT2D eigenvalue weighted by Crippen LogP contribution is -2.08. The van der Waals surface area contributed by atoms with Crippen LogP contribution >= 0.6 is 0 Å². The normalized spacial score (nSPS) is 12.2. The standard InChI is InChI=1S/C15H18N2O/c1-10-7-8-15(12(3)16-10)17-11(2)13-5-4-6-14(18)9-13/h4-9,11,17-18H,1-3H3. The van der Waals surface area contributed by atoms with Crippen LogP contribution in [-0.2, 0) is 0 Å². The number of aryl methyl sites for hydroxylation is 2. The van der Waals surface area contributed by atoms with Crippen molar-refractivity contribution in [3.05, 3.63) is 53.3 Å². The second-order valence-electron chi connectivity index (χ2n) is 4.55.